The fraction of sp³-hybridized carbons (Fsp3) is 0.800. The fourth-order valence-corrected chi connectivity index (χ4v) is 1.36. The summed E-state index contributed by atoms with van der Waals surface area (Å²) in [5.41, 5.74) is -1.19. The number of urea groups is 1. The Kier molecular flexibility index (Phi) is 6.25. The zero-order chi connectivity index (χ0) is 12.8. The SMILES string of the molecule is CSCCCNC(=O)N(C)C(C)(C)C(=O)O. The standard InChI is InChI=1S/C10H20N2O3S/c1-10(2,8(13)14)12(3)9(15)11-6-5-7-16-4/h5-7H2,1-4H3,(H,11,15)(H,13,14). The molecule has 0 fully saturated rings. The molecule has 0 bridgehead atoms. The van der Waals surface area contributed by atoms with Crippen molar-refractivity contribution >= 4 is 23.8 Å². The van der Waals surface area contributed by atoms with E-state index in [4.69, 9.17) is 5.11 Å². The molecule has 2 N–H and O–H groups in total. The Balaban J connectivity index is 4.13. The van der Waals surface area contributed by atoms with E-state index in [0.717, 1.165) is 12.2 Å². The molecule has 0 heterocycles. The predicted octanol–water partition coefficient (Wildman–Crippen LogP) is 1.24. The minimum absolute atomic E-state index is 0.353. The Labute approximate surface area is 101 Å². The van der Waals surface area contributed by atoms with Gasteiger partial charge in [0.25, 0.3) is 0 Å². The Morgan fingerprint density at radius 3 is 2.44 bits per heavy atom. The van der Waals surface area contributed by atoms with E-state index in [2.05, 4.69) is 5.32 Å². The van der Waals surface area contributed by atoms with E-state index in [1.54, 1.807) is 11.8 Å². The number of hydrogen-bond acceptors (Lipinski definition) is 3. The predicted molar refractivity (Wildman–Crippen MR) is 65.9 cm³/mol. The molecule has 0 aliphatic rings. The van der Waals surface area contributed by atoms with Gasteiger partial charge in [0.15, 0.2) is 0 Å². The molecule has 0 atom stereocenters. The number of hydrogen-bond donors (Lipinski definition) is 2. The van der Waals surface area contributed by atoms with Crippen LogP contribution >= 0.6 is 11.8 Å². The summed E-state index contributed by atoms with van der Waals surface area (Å²) in [6, 6.07) is -0.353. The molecular formula is C10H20N2O3S. The molecule has 0 radical (unpaired) electrons. The van der Waals surface area contributed by atoms with Gasteiger partial charge in [-0.3, -0.25) is 0 Å². The number of thioether (sulfide) groups is 1. The quantitative estimate of drug-likeness (QED) is 0.694. The van der Waals surface area contributed by atoms with Crippen molar-refractivity contribution in [3.63, 3.8) is 0 Å². The molecule has 0 aromatic heterocycles. The van der Waals surface area contributed by atoms with Gasteiger partial charge in [0.05, 0.1) is 0 Å². The number of rotatable bonds is 6. The first kappa shape index (κ1) is 15.1. The molecule has 0 saturated carbocycles. The molecule has 0 unspecified atom stereocenters. The van der Waals surface area contributed by atoms with Crippen LogP contribution in [0, 0.1) is 0 Å². The lowest BCUT2D eigenvalue weighted by Crippen LogP contribution is -2.54. The smallest absolute Gasteiger partial charge is 0.329 e. The zero-order valence-electron chi connectivity index (χ0n) is 10.2. The van der Waals surface area contributed by atoms with Crippen molar-refractivity contribution in [3.8, 4) is 0 Å². The molecule has 6 heteroatoms. The lowest BCUT2D eigenvalue weighted by molar-refractivity contribution is -0.146. The first-order valence-electron chi connectivity index (χ1n) is 5.08. The average molecular weight is 248 g/mol. The summed E-state index contributed by atoms with van der Waals surface area (Å²) >= 11 is 1.71. The van der Waals surface area contributed by atoms with Gasteiger partial charge in [-0.1, -0.05) is 0 Å². The van der Waals surface area contributed by atoms with Gasteiger partial charge in [0.2, 0.25) is 0 Å². The van der Waals surface area contributed by atoms with Crippen LogP contribution in [0.1, 0.15) is 20.3 Å². The highest BCUT2D eigenvalue weighted by atomic mass is 32.2. The molecule has 0 aliphatic carbocycles. The highest BCUT2D eigenvalue weighted by molar-refractivity contribution is 7.98. The molecule has 0 spiro atoms. The van der Waals surface area contributed by atoms with Crippen molar-refractivity contribution in [3.05, 3.63) is 0 Å². The van der Waals surface area contributed by atoms with Gasteiger partial charge in [-0.2, -0.15) is 11.8 Å². The maximum Gasteiger partial charge on any atom is 0.329 e. The van der Waals surface area contributed by atoms with Gasteiger partial charge >= 0.3 is 12.0 Å². The molecule has 0 aromatic rings. The second kappa shape index (κ2) is 6.62. The number of carboxylic acid groups (broad SMARTS) is 1. The largest absolute Gasteiger partial charge is 0.480 e. The fourth-order valence-electron chi connectivity index (χ4n) is 0.928. The van der Waals surface area contributed by atoms with Crippen LogP contribution in [-0.4, -0.2) is 53.1 Å². The lowest BCUT2D eigenvalue weighted by Gasteiger charge is -2.31. The minimum atomic E-state index is -1.19. The van der Waals surface area contributed by atoms with Gasteiger partial charge in [-0.25, -0.2) is 9.59 Å². The van der Waals surface area contributed by atoms with Gasteiger partial charge in [-0.05, 0) is 32.3 Å². The maximum atomic E-state index is 11.6. The molecular weight excluding hydrogens is 228 g/mol. The first-order chi connectivity index (χ1) is 7.34. The van der Waals surface area contributed by atoms with Crippen molar-refractivity contribution in [1.82, 2.24) is 10.2 Å². The third-order valence-corrected chi connectivity index (χ3v) is 3.16. The van der Waals surface area contributed by atoms with Crippen LogP contribution in [0.5, 0.6) is 0 Å². The third kappa shape index (κ3) is 4.30. The number of carbonyl (C=O) groups excluding carboxylic acids is 1. The Bertz CT molecular complexity index is 256. The third-order valence-electron chi connectivity index (χ3n) is 2.47. The number of aliphatic carboxylic acids is 1. The summed E-state index contributed by atoms with van der Waals surface area (Å²) in [5, 5.41) is 11.6. The van der Waals surface area contributed by atoms with E-state index < -0.39 is 11.5 Å². The second-order valence-electron chi connectivity index (χ2n) is 4.00. The highest BCUT2D eigenvalue weighted by Gasteiger charge is 2.34. The second-order valence-corrected chi connectivity index (χ2v) is 4.99. The maximum absolute atomic E-state index is 11.6. The number of amides is 2. The van der Waals surface area contributed by atoms with Crippen LogP contribution in [0.25, 0.3) is 0 Å². The first-order valence-corrected chi connectivity index (χ1v) is 6.47. The van der Waals surface area contributed by atoms with Crippen molar-refractivity contribution in [2.24, 2.45) is 0 Å². The summed E-state index contributed by atoms with van der Waals surface area (Å²) in [5.74, 6) is -0.0407. The summed E-state index contributed by atoms with van der Waals surface area (Å²) in [6.07, 6.45) is 2.88. The monoisotopic (exact) mass is 248 g/mol. The van der Waals surface area contributed by atoms with Crippen LogP contribution in [-0.2, 0) is 4.79 Å². The molecule has 94 valence electrons. The number of likely N-dealkylation sites (N-methyl/N-ethyl adjacent to an activating group) is 1. The summed E-state index contributed by atoms with van der Waals surface area (Å²) < 4.78 is 0. The van der Waals surface area contributed by atoms with Crippen LogP contribution in [0.15, 0.2) is 0 Å². The molecule has 0 aliphatic heterocycles. The molecule has 16 heavy (non-hydrogen) atoms. The Hall–Kier alpha value is -0.910. The number of nitrogens with zero attached hydrogens (tertiary/aromatic N) is 1. The van der Waals surface area contributed by atoms with Gasteiger partial charge < -0.3 is 15.3 Å². The van der Waals surface area contributed by atoms with E-state index in [1.165, 1.54) is 25.8 Å². The van der Waals surface area contributed by atoms with E-state index >= 15 is 0 Å². The zero-order valence-corrected chi connectivity index (χ0v) is 11.1. The van der Waals surface area contributed by atoms with E-state index in [1.807, 2.05) is 6.26 Å². The van der Waals surface area contributed by atoms with Gasteiger partial charge in [0.1, 0.15) is 5.54 Å². The van der Waals surface area contributed by atoms with Crippen LogP contribution in [0.3, 0.4) is 0 Å². The van der Waals surface area contributed by atoms with Crippen molar-refractivity contribution < 1.29 is 14.7 Å². The lowest BCUT2D eigenvalue weighted by atomic mass is 10.1. The summed E-state index contributed by atoms with van der Waals surface area (Å²) in [4.78, 5) is 23.7. The highest BCUT2D eigenvalue weighted by Crippen LogP contribution is 2.12. The molecule has 0 aromatic carbocycles. The van der Waals surface area contributed by atoms with Crippen LogP contribution in [0.2, 0.25) is 0 Å². The van der Waals surface area contributed by atoms with E-state index in [9.17, 15) is 9.59 Å². The van der Waals surface area contributed by atoms with Crippen molar-refractivity contribution in [2.45, 2.75) is 25.8 Å². The summed E-state index contributed by atoms with van der Waals surface area (Å²) in [7, 11) is 1.48. The van der Waals surface area contributed by atoms with Gasteiger partial charge in [-0.15, -0.1) is 0 Å². The molecule has 2 amide bonds. The van der Waals surface area contributed by atoms with Crippen molar-refractivity contribution in [1.29, 1.82) is 0 Å². The number of nitrogens with one attached hydrogen (secondary N) is 1. The average Bonchev–Trinajstić information content (AvgIpc) is 2.22. The van der Waals surface area contributed by atoms with E-state index in [0.29, 0.717) is 6.54 Å². The Morgan fingerprint density at radius 1 is 1.44 bits per heavy atom. The molecule has 5 nitrogen and oxygen atoms in total. The normalized spacial score (nSPS) is 11.0. The van der Waals surface area contributed by atoms with Crippen LogP contribution in [0.4, 0.5) is 4.79 Å². The molecule has 0 saturated heterocycles. The van der Waals surface area contributed by atoms with E-state index in [-0.39, 0.29) is 6.03 Å². The molecule has 0 rings (SSSR count). The minimum Gasteiger partial charge on any atom is -0.480 e. The number of carboxylic acids is 1. The Morgan fingerprint density at radius 2 is 2.00 bits per heavy atom. The summed E-state index contributed by atoms with van der Waals surface area (Å²) in [6.45, 7) is 3.56. The topological polar surface area (TPSA) is 69.6 Å². The number of carbonyl (C=O) groups is 2. The van der Waals surface area contributed by atoms with Gasteiger partial charge in [0, 0.05) is 13.6 Å². The van der Waals surface area contributed by atoms with Crippen molar-refractivity contribution in [2.75, 3.05) is 25.6 Å². The van der Waals surface area contributed by atoms with Crippen LogP contribution < -0.4 is 5.32 Å².